The van der Waals surface area contributed by atoms with Gasteiger partial charge in [0.05, 0.1) is 12.1 Å². The van der Waals surface area contributed by atoms with Gasteiger partial charge in [0.15, 0.2) is 0 Å². The number of benzene rings is 1. The first-order valence-corrected chi connectivity index (χ1v) is 7.42. The van der Waals surface area contributed by atoms with Gasteiger partial charge in [-0.05, 0) is 31.4 Å². The number of carbonyl (C=O) groups excluding carboxylic acids is 2. The zero-order valence-electron chi connectivity index (χ0n) is 13.1. The third-order valence-electron chi connectivity index (χ3n) is 3.21. The summed E-state index contributed by atoms with van der Waals surface area (Å²) in [6, 6.07) is 5.38. The molecule has 0 aliphatic carbocycles. The molecule has 1 aromatic rings. The van der Waals surface area contributed by atoms with Crippen molar-refractivity contribution >= 4 is 17.5 Å². The summed E-state index contributed by atoms with van der Waals surface area (Å²) in [6.45, 7) is 7.05. The molecule has 0 saturated carbocycles. The summed E-state index contributed by atoms with van der Waals surface area (Å²) in [4.78, 5) is 26.1. The highest BCUT2D eigenvalue weighted by molar-refractivity contribution is 6.02. The summed E-state index contributed by atoms with van der Waals surface area (Å²) in [5, 5.41) is 2.79. The van der Waals surface area contributed by atoms with Crippen molar-refractivity contribution in [2.45, 2.75) is 33.6 Å². The van der Waals surface area contributed by atoms with Gasteiger partial charge in [0.1, 0.15) is 0 Å². The van der Waals surface area contributed by atoms with Crippen molar-refractivity contribution in [3.8, 4) is 0 Å². The van der Waals surface area contributed by atoms with Gasteiger partial charge in [0.2, 0.25) is 5.91 Å². The van der Waals surface area contributed by atoms with Crippen LogP contribution in [0.2, 0.25) is 0 Å². The van der Waals surface area contributed by atoms with Gasteiger partial charge in [-0.25, -0.2) is 0 Å². The van der Waals surface area contributed by atoms with Gasteiger partial charge in [-0.15, -0.1) is 0 Å². The maximum atomic E-state index is 12.7. The normalized spacial score (nSPS) is 10.2. The smallest absolute Gasteiger partial charge is 0.256 e. The maximum Gasteiger partial charge on any atom is 0.256 e. The second-order valence-corrected chi connectivity index (χ2v) is 5.12. The fourth-order valence-corrected chi connectivity index (χ4v) is 2.16. The van der Waals surface area contributed by atoms with Gasteiger partial charge in [-0.1, -0.05) is 26.0 Å². The first kappa shape index (κ1) is 17.0. The lowest BCUT2D eigenvalue weighted by atomic mass is 10.1. The number of nitrogens with one attached hydrogen (secondary N) is 1. The van der Waals surface area contributed by atoms with Crippen molar-refractivity contribution in [1.82, 2.24) is 10.2 Å². The largest absolute Gasteiger partial charge is 0.398 e. The van der Waals surface area contributed by atoms with E-state index in [1.165, 1.54) is 0 Å². The van der Waals surface area contributed by atoms with Crippen molar-refractivity contribution in [3.05, 3.63) is 29.3 Å². The van der Waals surface area contributed by atoms with Crippen LogP contribution in [0.4, 0.5) is 5.69 Å². The highest BCUT2D eigenvalue weighted by Crippen LogP contribution is 2.18. The maximum absolute atomic E-state index is 12.7. The van der Waals surface area contributed by atoms with Gasteiger partial charge in [-0.2, -0.15) is 0 Å². The van der Waals surface area contributed by atoms with E-state index in [0.717, 1.165) is 18.4 Å². The Morgan fingerprint density at radius 1 is 1.24 bits per heavy atom. The number of amides is 2. The first-order chi connectivity index (χ1) is 10.0. The quantitative estimate of drug-likeness (QED) is 0.754. The molecular weight excluding hydrogens is 266 g/mol. The van der Waals surface area contributed by atoms with E-state index in [0.29, 0.717) is 24.3 Å². The Kier molecular flexibility index (Phi) is 6.72. The summed E-state index contributed by atoms with van der Waals surface area (Å²) >= 11 is 0. The number of hydrogen-bond acceptors (Lipinski definition) is 3. The van der Waals surface area contributed by atoms with Gasteiger partial charge in [0.25, 0.3) is 5.91 Å². The summed E-state index contributed by atoms with van der Waals surface area (Å²) in [6.07, 6.45) is 1.66. The Bertz CT molecular complexity index is 480. The van der Waals surface area contributed by atoms with Crippen molar-refractivity contribution in [2.75, 3.05) is 25.4 Å². The zero-order valence-corrected chi connectivity index (χ0v) is 13.1. The third kappa shape index (κ3) is 4.77. The summed E-state index contributed by atoms with van der Waals surface area (Å²) in [5.41, 5.74) is 7.70. The Balaban J connectivity index is 2.89. The number of hydrogen-bond donors (Lipinski definition) is 2. The Labute approximate surface area is 126 Å². The minimum Gasteiger partial charge on any atom is -0.398 e. The van der Waals surface area contributed by atoms with Gasteiger partial charge >= 0.3 is 0 Å². The molecule has 0 saturated heterocycles. The topological polar surface area (TPSA) is 75.4 Å². The number of nitrogen functional groups attached to an aromatic ring is 1. The number of rotatable bonds is 7. The molecule has 0 heterocycles. The molecule has 0 radical (unpaired) electrons. The molecule has 0 atom stereocenters. The molecule has 1 rings (SSSR count). The number of aryl methyl sites for hydroxylation is 1. The molecule has 21 heavy (non-hydrogen) atoms. The van der Waals surface area contributed by atoms with Crippen molar-refractivity contribution in [1.29, 1.82) is 0 Å². The molecule has 0 fully saturated rings. The third-order valence-corrected chi connectivity index (χ3v) is 3.21. The highest BCUT2D eigenvalue weighted by Gasteiger charge is 2.21. The molecule has 1 aromatic carbocycles. The number of anilines is 1. The van der Waals surface area contributed by atoms with Gasteiger partial charge in [0, 0.05) is 18.8 Å². The van der Waals surface area contributed by atoms with E-state index in [-0.39, 0.29) is 18.4 Å². The van der Waals surface area contributed by atoms with E-state index < -0.39 is 0 Å². The monoisotopic (exact) mass is 291 g/mol. The van der Waals surface area contributed by atoms with E-state index in [2.05, 4.69) is 5.32 Å². The van der Waals surface area contributed by atoms with Gasteiger partial charge in [-0.3, -0.25) is 9.59 Å². The molecule has 3 N–H and O–H groups in total. The van der Waals surface area contributed by atoms with Crippen LogP contribution in [0.15, 0.2) is 18.2 Å². The van der Waals surface area contributed by atoms with Crippen molar-refractivity contribution in [3.63, 3.8) is 0 Å². The Hall–Kier alpha value is -2.04. The van der Waals surface area contributed by atoms with Crippen LogP contribution in [0.5, 0.6) is 0 Å². The van der Waals surface area contributed by atoms with Gasteiger partial charge < -0.3 is 16.0 Å². The van der Waals surface area contributed by atoms with Crippen LogP contribution in [-0.2, 0) is 4.79 Å². The second kappa shape index (κ2) is 8.29. The van der Waals surface area contributed by atoms with Crippen molar-refractivity contribution in [2.24, 2.45) is 0 Å². The molecule has 5 heteroatoms. The average molecular weight is 291 g/mol. The molecule has 0 aliphatic rings. The highest BCUT2D eigenvalue weighted by atomic mass is 16.2. The van der Waals surface area contributed by atoms with E-state index in [1.807, 2.05) is 32.9 Å². The number of carbonyl (C=O) groups is 2. The minimum atomic E-state index is -0.181. The number of nitrogens with two attached hydrogens (primary N) is 1. The van der Waals surface area contributed by atoms with Crippen LogP contribution < -0.4 is 11.1 Å². The molecule has 0 aliphatic heterocycles. The zero-order chi connectivity index (χ0) is 15.8. The van der Waals surface area contributed by atoms with Crippen LogP contribution in [0.3, 0.4) is 0 Å². The van der Waals surface area contributed by atoms with E-state index in [9.17, 15) is 9.59 Å². The second-order valence-electron chi connectivity index (χ2n) is 5.12. The predicted octanol–water partition coefficient (Wildman–Crippen LogP) is 1.96. The van der Waals surface area contributed by atoms with Crippen LogP contribution in [0, 0.1) is 6.92 Å². The number of nitrogens with zero attached hydrogens (tertiary/aromatic N) is 1. The SMILES string of the molecule is CCCNC(=O)CN(CCC)C(=O)c1c(C)cccc1N. The molecular formula is C16H25N3O2. The molecule has 0 unspecified atom stereocenters. The lowest BCUT2D eigenvalue weighted by molar-refractivity contribution is -0.121. The molecule has 116 valence electrons. The predicted molar refractivity (Wildman–Crippen MR) is 85.1 cm³/mol. The van der Waals surface area contributed by atoms with E-state index in [4.69, 9.17) is 5.73 Å². The summed E-state index contributed by atoms with van der Waals surface area (Å²) in [7, 11) is 0. The minimum absolute atomic E-state index is 0.0699. The molecule has 0 spiro atoms. The van der Waals surface area contributed by atoms with Crippen LogP contribution in [0.1, 0.15) is 42.6 Å². The fraction of sp³-hybridized carbons (Fsp3) is 0.500. The fourth-order valence-electron chi connectivity index (χ4n) is 2.16. The van der Waals surface area contributed by atoms with Crippen LogP contribution in [-0.4, -0.2) is 36.3 Å². The Morgan fingerprint density at radius 2 is 1.95 bits per heavy atom. The lowest BCUT2D eigenvalue weighted by Crippen LogP contribution is -2.41. The molecule has 5 nitrogen and oxygen atoms in total. The van der Waals surface area contributed by atoms with Crippen LogP contribution in [0.25, 0.3) is 0 Å². The molecule has 0 bridgehead atoms. The average Bonchev–Trinajstić information content (AvgIpc) is 2.44. The standard InChI is InChI=1S/C16H25N3O2/c1-4-9-18-14(20)11-19(10-5-2)16(21)15-12(3)7-6-8-13(15)17/h6-8H,4-5,9-11,17H2,1-3H3,(H,18,20). The van der Waals surface area contributed by atoms with E-state index >= 15 is 0 Å². The molecule has 0 aromatic heterocycles. The molecule has 2 amide bonds. The Morgan fingerprint density at radius 3 is 2.52 bits per heavy atom. The lowest BCUT2D eigenvalue weighted by Gasteiger charge is -2.23. The van der Waals surface area contributed by atoms with E-state index in [1.54, 1.807) is 11.0 Å². The first-order valence-electron chi connectivity index (χ1n) is 7.42. The summed E-state index contributed by atoms with van der Waals surface area (Å²) in [5.74, 6) is -0.315. The summed E-state index contributed by atoms with van der Waals surface area (Å²) < 4.78 is 0. The van der Waals surface area contributed by atoms with Crippen LogP contribution >= 0.6 is 0 Å². The van der Waals surface area contributed by atoms with Crippen molar-refractivity contribution < 1.29 is 9.59 Å².